The Balaban J connectivity index is 2.33. The lowest BCUT2D eigenvalue weighted by atomic mass is 10.1. The molecule has 78 valence electrons. The van der Waals surface area contributed by atoms with Gasteiger partial charge in [0.15, 0.2) is 0 Å². The topological polar surface area (TPSA) is 43.1 Å². The fourth-order valence-electron chi connectivity index (χ4n) is 1.67. The molecule has 0 aliphatic heterocycles. The first-order chi connectivity index (χ1) is 7.74. The summed E-state index contributed by atoms with van der Waals surface area (Å²) in [5, 5.41) is 1.09. The summed E-state index contributed by atoms with van der Waals surface area (Å²) in [6.45, 7) is 0. The molecule has 0 aliphatic rings. The molecule has 0 amide bonds. The van der Waals surface area contributed by atoms with Crippen LogP contribution in [0.2, 0.25) is 5.02 Å². The van der Waals surface area contributed by atoms with Gasteiger partial charge in [-0.15, -0.1) is 0 Å². The van der Waals surface area contributed by atoms with Crippen LogP contribution in [0.15, 0.2) is 45.6 Å². The molecule has 3 aromatic heterocycles. The fourth-order valence-corrected chi connectivity index (χ4v) is 1.86. The highest BCUT2D eigenvalue weighted by Gasteiger charge is 2.11. The zero-order valence-electron chi connectivity index (χ0n) is 8.11. The molecular formula is C12H6ClNO2. The summed E-state index contributed by atoms with van der Waals surface area (Å²) >= 11 is 5.90. The third-order valence-electron chi connectivity index (χ3n) is 2.38. The summed E-state index contributed by atoms with van der Waals surface area (Å²) in [7, 11) is 0. The average molecular weight is 232 g/mol. The Kier molecular flexibility index (Phi) is 1.94. The van der Waals surface area contributed by atoms with Gasteiger partial charge in [0.05, 0.1) is 11.1 Å². The Hall–Kier alpha value is -1.87. The van der Waals surface area contributed by atoms with Crippen LogP contribution in [0.1, 0.15) is 0 Å². The van der Waals surface area contributed by atoms with Gasteiger partial charge in [-0.25, -0.2) is 9.78 Å². The molecule has 0 saturated heterocycles. The number of pyridine rings is 1. The quantitative estimate of drug-likeness (QED) is 0.647. The van der Waals surface area contributed by atoms with Gasteiger partial charge in [0.2, 0.25) is 5.71 Å². The predicted octanol–water partition coefficient (Wildman–Crippen LogP) is 2.95. The van der Waals surface area contributed by atoms with Gasteiger partial charge < -0.3 is 4.42 Å². The van der Waals surface area contributed by atoms with Crippen molar-refractivity contribution in [3.8, 4) is 11.3 Å². The summed E-state index contributed by atoms with van der Waals surface area (Å²) < 4.78 is 4.90. The molecule has 0 unspecified atom stereocenters. The molecule has 16 heavy (non-hydrogen) atoms. The normalized spacial score (nSPS) is 11.1. The monoisotopic (exact) mass is 231 g/mol. The van der Waals surface area contributed by atoms with Crippen molar-refractivity contribution in [2.24, 2.45) is 0 Å². The maximum Gasteiger partial charge on any atom is 0.347 e. The van der Waals surface area contributed by atoms with E-state index < -0.39 is 0 Å². The van der Waals surface area contributed by atoms with Crippen LogP contribution in [0.5, 0.6) is 0 Å². The Morgan fingerprint density at radius 1 is 1.19 bits per heavy atom. The molecule has 0 saturated carbocycles. The first kappa shape index (κ1) is 9.36. The van der Waals surface area contributed by atoms with Gasteiger partial charge in [-0.05, 0) is 18.2 Å². The average Bonchev–Trinajstić information content (AvgIpc) is 2.29. The minimum atomic E-state index is -0.359. The van der Waals surface area contributed by atoms with E-state index in [1.165, 1.54) is 0 Å². The van der Waals surface area contributed by atoms with E-state index in [4.69, 9.17) is 16.0 Å². The Morgan fingerprint density at radius 2 is 2.06 bits per heavy atom. The van der Waals surface area contributed by atoms with Gasteiger partial charge in [0, 0.05) is 16.7 Å². The lowest BCUT2D eigenvalue weighted by Crippen LogP contribution is -2.04. The second-order valence-electron chi connectivity index (χ2n) is 3.45. The minimum Gasteiger partial charge on any atom is -0.404 e. The van der Waals surface area contributed by atoms with E-state index in [-0.39, 0.29) is 5.63 Å². The van der Waals surface area contributed by atoms with E-state index in [1.54, 1.807) is 24.3 Å². The first-order valence-corrected chi connectivity index (χ1v) is 5.11. The summed E-state index contributed by atoms with van der Waals surface area (Å²) in [4.78, 5) is 15.7. The molecule has 0 N–H and O–H groups in total. The van der Waals surface area contributed by atoms with Crippen LogP contribution in [-0.2, 0) is 0 Å². The van der Waals surface area contributed by atoms with Crippen LogP contribution in [-0.4, -0.2) is 4.98 Å². The second kappa shape index (κ2) is 3.32. The summed E-state index contributed by atoms with van der Waals surface area (Å²) in [5.74, 6) is 0. The van der Waals surface area contributed by atoms with Crippen molar-refractivity contribution < 1.29 is 4.42 Å². The molecule has 3 heterocycles. The van der Waals surface area contributed by atoms with E-state index in [1.807, 2.05) is 12.1 Å². The SMILES string of the molecule is O=c1oc2ccc1c(-c1cccc(Cl)c1)n2. The highest BCUT2D eigenvalue weighted by Crippen LogP contribution is 2.25. The molecule has 2 bridgehead atoms. The van der Waals surface area contributed by atoms with Gasteiger partial charge in [0.1, 0.15) is 0 Å². The number of aromatic nitrogens is 1. The number of benzene rings is 1. The number of fused-ring (bicyclic) bond motifs is 3. The third kappa shape index (κ3) is 1.37. The molecule has 0 spiro atoms. The van der Waals surface area contributed by atoms with Crippen molar-refractivity contribution in [2.75, 3.05) is 0 Å². The lowest BCUT2D eigenvalue weighted by Gasteiger charge is -2.05. The first-order valence-electron chi connectivity index (χ1n) is 4.73. The summed E-state index contributed by atoms with van der Waals surface area (Å²) in [5.41, 5.74) is 1.41. The highest BCUT2D eigenvalue weighted by molar-refractivity contribution is 6.30. The van der Waals surface area contributed by atoms with Crippen LogP contribution in [0.4, 0.5) is 0 Å². The third-order valence-corrected chi connectivity index (χ3v) is 2.62. The van der Waals surface area contributed by atoms with Gasteiger partial charge in [0.25, 0.3) is 0 Å². The van der Waals surface area contributed by atoms with Crippen molar-refractivity contribution in [2.45, 2.75) is 0 Å². The van der Waals surface area contributed by atoms with Gasteiger partial charge in [-0.3, -0.25) is 0 Å². The molecule has 4 heteroatoms. The van der Waals surface area contributed by atoms with Crippen LogP contribution >= 0.6 is 11.6 Å². The van der Waals surface area contributed by atoms with Crippen molar-refractivity contribution in [1.82, 2.24) is 4.98 Å². The minimum absolute atomic E-state index is 0.329. The van der Waals surface area contributed by atoms with Crippen LogP contribution in [0.3, 0.4) is 0 Å². The summed E-state index contributed by atoms with van der Waals surface area (Å²) in [6, 6.07) is 10.6. The number of nitrogens with zero attached hydrogens (tertiary/aromatic N) is 1. The predicted molar refractivity (Wildman–Crippen MR) is 61.9 cm³/mol. The second-order valence-corrected chi connectivity index (χ2v) is 3.88. The van der Waals surface area contributed by atoms with Gasteiger partial charge >= 0.3 is 5.63 Å². The Bertz CT molecular complexity index is 705. The lowest BCUT2D eigenvalue weighted by molar-refractivity contribution is 0.548. The number of halogens is 1. The van der Waals surface area contributed by atoms with Crippen LogP contribution in [0.25, 0.3) is 22.4 Å². The zero-order chi connectivity index (χ0) is 11.1. The zero-order valence-corrected chi connectivity index (χ0v) is 8.86. The number of rotatable bonds is 1. The van der Waals surface area contributed by atoms with E-state index in [0.29, 0.717) is 21.8 Å². The molecule has 0 aliphatic carbocycles. The van der Waals surface area contributed by atoms with Crippen LogP contribution < -0.4 is 5.63 Å². The molecule has 1 aromatic carbocycles. The van der Waals surface area contributed by atoms with E-state index in [0.717, 1.165) is 5.56 Å². The fraction of sp³-hybridized carbons (Fsp3) is 0. The molecule has 4 rings (SSSR count). The molecule has 4 aromatic rings. The smallest absolute Gasteiger partial charge is 0.347 e. The largest absolute Gasteiger partial charge is 0.404 e. The molecule has 3 nitrogen and oxygen atoms in total. The van der Waals surface area contributed by atoms with Gasteiger partial charge in [-0.2, -0.15) is 0 Å². The van der Waals surface area contributed by atoms with Crippen molar-refractivity contribution in [3.63, 3.8) is 0 Å². The molecule has 0 fully saturated rings. The van der Waals surface area contributed by atoms with Gasteiger partial charge in [-0.1, -0.05) is 23.7 Å². The Morgan fingerprint density at radius 3 is 2.75 bits per heavy atom. The molecule has 0 radical (unpaired) electrons. The van der Waals surface area contributed by atoms with E-state index in [9.17, 15) is 4.79 Å². The summed E-state index contributed by atoms with van der Waals surface area (Å²) in [6.07, 6.45) is 0. The molecular weight excluding hydrogens is 226 g/mol. The van der Waals surface area contributed by atoms with E-state index >= 15 is 0 Å². The number of hydrogen-bond donors (Lipinski definition) is 0. The standard InChI is InChI=1S/C12H6ClNO2/c13-8-3-1-2-7(6-8)11-9-4-5-10(14-11)16-12(9)15/h1-6H. The Labute approximate surface area is 95.6 Å². The maximum atomic E-state index is 11.5. The van der Waals surface area contributed by atoms with Crippen molar-refractivity contribution in [1.29, 1.82) is 0 Å². The van der Waals surface area contributed by atoms with Crippen molar-refractivity contribution in [3.05, 3.63) is 51.8 Å². The van der Waals surface area contributed by atoms with Crippen molar-refractivity contribution >= 4 is 22.7 Å². The maximum absolute atomic E-state index is 11.5. The number of hydrogen-bond acceptors (Lipinski definition) is 3. The highest BCUT2D eigenvalue weighted by atomic mass is 35.5. The molecule has 0 atom stereocenters. The van der Waals surface area contributed by atoms with Crippen LogP contribution in [0, 0.1) is 0 Å². The van der Waals surface area contributed by atoms with E-state index in [2.05, 4.69) is 4.98 Å².